The minimum Gasteiger partial charge on any atom is -0.495 e. The quantitative estimate of drug-likeness (QED) is 0.804. The average Bonchev–Trinajstić information content (AvgIpc) is 2.26. The maximum absolute atomic E-state index is 13.0. The molecule has 1 aromatic carbocycles. The Bertz CT molecular complexity index is 519. The second-order valence-electron chi connectivity index (χ2n) is 3.02. The maximum Gasteiger partial charge on any atom is 0.183 e. The second-order valence-corrected chi connectivity index (χ2v) is 5.10. The first-order valence-corrected chi connectivity index (χ1v) is 6.09. The summed E-state index contributed by atoms with van der Waals surface area (Å²) in [6.45, 7) is 0. The van der Waals surface area contributed by atoms with Gasteiger partial charge in [0.2, 0.25) is 0 Å². The largest absolute Gasteiger partial charge is 0.495 e. The lowest BCUT2D eigenvalue weighted by Crippen LogP contribution is -2.08. The number of sulfone groups is 1. The molecule has 0 saturated carbocycles. The standard InChI is InChI=1S/C10H10FNO3S/c1-15-9-4-3-8(11)7-10(9)16(13,14)6-2-5-12/h3-4,7H,2,6H2,1H3. The number of nitrogens with zero attached hydrogens (tertiary/aromatic N) is 1. The molecule has 0 unspecified atom stereocenters. The van der Waals surface area contributed by atoms with Crippen molar-refractivity contribution in [1.29, 1.82) is 5.26 Å². The van der Waals surface area contributed by atoms with Crippen LogP contribution in [-0.4, -0.2) is 21.3 Å². The van der Waals surface area contributed by atoms with Crippen LogP contribution >= 0.6 is 0 Å². The number of rotatable bonds is 4. The van der Waals surface area contributed by atoms with Gasteiger partial charge in [-0.05, 0) is 18.2 Å². The third-order valence-electron chi connectivity index (χ3n) is 1.94. The van der Waals surface area contributed by atoms with Gasteiger partial charge < -0.3 is 4.74 Å². The number of hydrogen-bond acceptors (Lipinski definition) is 4. The summed E-state index contributed by atoms with van der Waals surface area (Å²) in [5.41, 5.74) is 0. The van der Waals surface area contributed by atoms with Crippen LogP contribution in [0.15, 0.2) is 23.1 Å². The Labute approximate surface area is 93.2 Å². The molecule has 0 amide bonds. The molecular weight excluding hydrogens is 233 g/mol. The molecule has 1 rings (SSSR count). The SMILES string of the molecule is COc1ccc(F)cc1S(=O)(=O)CCC#N. The van der Waals surface area contributed by atoms with Gasteiger partial charge in [0.1, 0.15) is 16.5 Å². The molecule has 0 aliphatic heterocycles. The van der Waals surface area contributed by atoms with Gasteiger partial charge in [0, 0.05) is 6.42 Å². The molecule has 86 valence electrons. The highest BCUT2D eigenvalue weighted by molar-refractivity contribution is 7.91. The molecule has 1 aromatic rings. The van der Waals surface area contributed by atoms with Crippen molar-refractivity contribution >= 4 is 9.84 Å². The molecule has 4 nitrogen and oxygen atoms in total. The number of ether oxygens (including phenoxy) is 1. The highest BCUT2D eigenvalue weighted by Crippen LogP contribution is 2.25. The summed E-state index contributed by atoms with van der Waals surface area (Å²) in [6, 6.07) is 4.98. The Morgan fingerprint density at radius 1 is 1.50 bits per heavy atom. The van der Waals surface area contributed by atoms with Crippen LogP contribution in [0.4, 0.5) is 4.39 Å². The molecule has 0 atom stereocenters. The van der Waals surface area contributed by atoms with Crippen LogP contribution in [0.1, 0.15) is 6.42 Å². The lowest BCUT2D eigenvalue weighted by Gasteiger charge is -2.08. The van der Waals surface area contributed by atoms with E-state index in [0.29, 0.717) is 0 Å². The summed E-state index contributed by atoms with van der Waals surface area (Å²) in [5.74, 6) is -0.917. The zero-order chi connectivity index (χ0) is 12.2. The van der Waals surface area contributed by atoms with Crippen molar-refractivity contribution in [3.05, 3.63) is 24.0 Å². The fraction of sp³-hybridized carbons (Fsp3) is 0.300. The van der Waals surface area contributed by atoms with Gasteiger partial charge in [-0.2, -0.15) is 5.26 Å². The van der Waals surface area contributed by atoms with E-state index in [1.54, 1.807) is 6.07 Å². The fourth-order valence-corrected chi connectivity index (χ4v) is 2.51. The Morgan fingerprint density at radius 3 is 2.75 bits per heavy atom. The van der Waals surface area contributed by atoms with Gasteiger partial charge in [0.15, 0.2) is 9.84 Å². The predicted molar refractivity (Wildman–Crippen MR) is 55.2 cm³/mol. The molecule has 0 spiro atoms. The number of methoxy groups -OCH3 is 1. The van der Waals surface area contributed by atoms with Gasteiger partial charge in [-0.3, -0.25) is 0 Å². The first kappa shape index (κ1) is 12.5. The molecule has 0 N–H and O–H groups in total. The summed E-state index contributed by atoms with van der Waals surface area (Å²) in [7, 11) is -2.37. The zero-order valence-electron chi connectivity index (χ0n) is 8.60. The smallest absolute Gasteiger partial charge is 0.183 e. The van der Waals surface area contributed by atoms with E-state index in [9.17, 15) is 12.8 Å². The van der Waals surface area contributed by atoms with E-state index >= 15 is 0 Å². The topological polar surface area (TPSA) is 67.2 Å². The van der Waals surface area contributed by atoms with Crippen molar-refractivity contribution in [1.82, 2.24) is 0 Å². The predicted octanol–water partition coefficient (Wildman–Crippen LogP) is 1.52. The van der Waals surface area contributed by atoms with E-state index in [0.717, 1.165) is 12.1 Å². The van der Waals surface area contributed by atoms with Crippen molar-refractivity contribution in [2.45, 2.75) is 11.3 Å². The average molecular weight is 243 g/mol. The zero-order valence-corrected chi connectivity index (χ0v) is 9.42. The second kappa shape index (κ2) is 4.94. The van der Waals surface area contributed by atoms with E-state index in [1.807, 2.05) is 0 Å². The lowest BCUT2D eigenvalue weighted by molar-refractivity contribution is 0.401. The third-order valence-corrected chi connectivity index (χ3v) is 3.67. The van der Waals surface area contributed by atoms with Crippen molar-refractivity contribution in [3.63, 3.8) is 0 Å². The van der Waals surface area contributed by atoms with Gasteiger partial charge in [-0.1, -0.05) is 0 Å². The Hall–Kier alpha value is -1.61. The number of hydrogen-bond donors (Lipinski definition) is 0. The van der Waals surface area contributed by atoms with Crippen LogP contribution < -0.4 is 4.74 Å². The summed E-state index contributed by atoms with van der Waals surface area (Å²) in [4.78, 5) is -0.217. The molecule has 6 heteroatoms. The monoisotopic (exact) mass is 243 g/mol. The van der Waals surface area contributed by atoms with Crippen molar-refractivity contribution in [2.75, 3.05) is 12.9 Å². The van der Waals surface area contributed by atoms with Crippen molar-refractivity contribution in [3.8, 4) is 11.8 Å². The molecule has 16 heavy (non-hydrogen) atoms. The maximum atomic E-state index is 13.0. The molecule has 0 saturated heterocycles. The Kier molecular flexibility index (Phi) is 3.85. The van der Waals surface area contributed by atoms with Gasteiger partial charge in [0.05, 0.1) is 18.9 Å². The van der Waals surface area contributed by atoms with E-state index < -0.39 is 15.7 Å². The minimum absolute atomic E-state index is 0.0827. The van der Waals surface area contributed by atoms with Crippen LogP contribution in [0, 0.1) is 17.1 Å². The Balaban J connectivity index is 3.21. The van der Waals surface area contributed by atoms with Gasteiger partial charge in [0.25, 0.3) is 0 Å². The van der Waals surface area contributed by atoms with Gasteiger partial charge >= 0.3 is 0 Å². The number of benzene rings is 1. The number of halogens is 1. The van der Waals surface area contributed by atoms with Crippen LogP contribution in [0.25, 0.3) is 0 Å². The molecule has 0 radical (unpaired) electrons. The first-order chi connectivity index (χ1) is 7.51. The van der Waals surface area contributed by atoms with Crippen LogP contribution in [0.5, 0.6) is 5.75 Å². The Morgan fingerprint density at radius 2 is 2.19 bits per heavy atom. The van der Waals surface area contributed by atoms with Gasteiger partial charge in [-0.25, -0.2) is 12.8 Å². The number of nitriles is 1. The normalized spacial score (nSPS) is 10.8. The lowest BCUT2D eigenvalue weighted by atomic mass is 10.3. The van der Waals surface area contributed by atoms with Crippen LogP contribution in [0.3, 0.4) is 0 Å². The van der Waals surface area contributed by atoms with Gasteiger partial charge in [-0.15, -0.1) is 0 Å². The van der Waals surface area contributed by atoms with Crippen LogP contribution in [0.2, 0.25) is 0 Å². The van der Waals surface area contributed by atoms with Crippen molar-refractivity contribution < 1.29 is 17.5 Å². The van der Waals surface area contributed by atoms with Crippen molar-refractivity contribution in [2.24, 2.45) is 0 Å². The van der Waals surface area contributed by atoms with E-state index in [-0.39, 0.29) is 22.8 Å². The summed E-state index contributed by atoms with van der Waals surface area (Å²) in [5, 5.41) is 8.34. The molecule has 0 aliphatic carbocycles. The third kappa shape index (κ3) is 2.70. The fourth-order valence-electron chi connectivity index (χ4n) is 1.18. The summed E-state index contributed by atoms with van der Waals surface area (Å²) < 4.78 is 41.2. The van der Waals surface area contributed by atoms with E-state index in [2.05, 4.69) is 0 Å². The molecule has 0 bridgehead atoms. The first-order valence-electron chi connectivity index (χ1n) is 4.44. The minimum atomic E-state index is -3.68. The molecule has 0 aliphatic rings. The van der Waals surface area contributed by atoms with Crippen LogP contribution in [-0.2, 0) is 9.84 Å². The van der Waals surface area contributed by atoms with E-state index in [1.165, 1.54) is 13.2 Å². The van der Waals surface area contributed by atoms with E-state index in [4.69, 9.17) is 10.00 Å². The molecule has 0 heterocycles. The highest BCUT2D eigenvalue weighted by Gasteiger charge is 2.19. The summed E-state index contributed by atoms with van der Waals surface area (Å²) in [6.07, 6.45) is -0.137. The molecule has 0 aromatic heterocycles. The molecule has 0 fully saturated rings. The summed E-state index contributed by atoms with van der Waals surface area (Å²) >= 11 is 0. The molecular formula is C10H10FNO3S. The highest BCUT2D eigenvalue weighted by atomic mass is 32.2.